The predicted octanol–water partition coefficient (Wildman–Crippen LogP) is 2.99. The van der Waals surface area contributed by atoms with Gasteiger partial charge in [-0.15, -0.1) is 11.6 Å². The third-order valence-corrected chi connectivity index (χ3v) is 1.39. The molecule has 1 unspecified atom stereocenters. The maximum absolute atomic E-state index is 7.44. The zero-order chi connectivity index (χ0) is 7.61. The first kappa shape index (κ1) is 5.31. The fraction of sp³-hybridized carbons (Fsp3) is 0.250. The number of hydrogen-bond donors (Lipinski definition) is 0. The van der Waals surface area contributed by atoms with Gasteiger partial charge in [-0.1, -0.05) is 30.3 Å². The zero-order valence-electron chi connectivity index (χ0n) is 6.26. The second-order valence-electron chi connectivity index (χ2n) is 1.90. The summed E-state index contributed by atoms with van der Waals surface area (Å²) in [6.45, 7) is 1.66. The van der Waals surface area contributed by atoms with E-state index >= 15 is 0 Å². The Hall–Kier alpha value is -0.490. The van der Waals surface area contributed by atoms with Crippen LogP contribution >= 0.6 is 11.6 Å². The van der Waals surface area contributed by atoms with Crippen LogP contribution in [0.5, 0.6) is 0 Å². The van der Waals surface area contributed by atoms with E-state index in [0.717, 1.165) is 5.56 Å². The van der Waals surface area contributed by atoms with E-state index in [2.05, 4.69) is 0 Å². The van der Waals surface area contributed by atoms with Gasteiger partial charge in [-0.3, -0.25) is 0 Å². The van der Waals surface area contributed by atoms with E-state index in [0.29, 0.717) is 0 Å². The van der Waals surface area contributed by atoms with E-state index in [1.807, 2.05) is 30.3 Å². The molecule has 0 saturated carbocycles. The van der Waals surface area contributed by atoms with Crippen LogP contribution in [-0.4, -0.2) is 0 Å². The molecule has 0 aromatic heterocycles. The fourth-order valence-electron chi connectivity index (χ4n) is 0.668. The lowest BCUT2D eigenvalue weighted by Crippen LogP contribution is -1.80. The lowest BCUT2D eigenvalue weighted by molar-refractivity contribution is 1.08. The molecule has 0 radical (unpaired) electrons. The van der Waals surface area contributed by atoms with Crippen molar-refractivity contribution in [2.75, 3.05) is 0 Å². The largest absolute Gasteiger partial charge is 0.118 e. The molecule has 0 nitrogen and oxygen atoms in total. The Morgan fingerprint density at radius 3 is 2.33 bits per heavy atom. The van der Waals surface area contributed by atoms with Gasteiger partial charge in [0.1, 0.15) is 0 Å². The molecule has 1 aromatic carbocycles. The molecule has 0 saturated heterocycles. The third kappa shape index (κ3) is 1.72. The van der Waals surface area contributed by atoms with Gasteiger partial charge in [-0.05, 0) is 12.5 Å². The second-order valence-corrected chi connectivity index (χ2v) is 2.47. The molecule has 9 heavy (non-hydrogen) atoms. The molecule has 0 N–H and O–H groups in total. The van der Waals surface area contributed by atoms with Gasteiger partial charge in [0.05, 0.1) is 6.72 Å². The van der Waals surface area contributed by atoms with Gasteiger partial charge in [0.15, 0.2) is 0 Å². The molecular weight excluding hydrogens is 132 g/mol. The number of halogens is 1. The Morgan fingerprint density at radius 2 is 2.00 bits per heavy atom. The van der Waals surface area contributed by atoms with Gasteiger partial charge >= 0.3 is 0 Å². The first-order valence-corrected chi connectivity index (χ1v) is 3.23. The quantitative estimate of drug-likeness (QED) is 0.528. The van der Waals surface area contributed by atoms with Crippen LogP contribution in [0.15, 0.2) is 30.3 Å². The normalized spacial score (nSPS) is 18.2. The zero-order valence-corrected chi connectivity index (χ0v) is 6.02. The SMILES string of the molecule is [2H]C(C)(Cl)c1ccccc1. The van der Waals surface area contributed by atoms with Crippen molar-refractivity contribution >= 4 is 11.6 Å². The number of benzene rings is 1. The minimum absolute atomic E-state index is 0.830. The number of rotatable bonds is 1. The smallest absolute Gasteiger partial charge is 0.0557 e. The minimum atomic E-state index is -0.985. The Morgan fingerprint density at radius 1 is 1.44 bits per heavy atom. The lowest BCUT2D eigenvalue weighted by atomic mass is 10.2. The number of alkyl halides is 1. The van der Waals surface area contributed by atoms with Crippen LogP contribution in [0.1, 0.15) is 19.2 Å². The van der Waals surface area contributed by atoms with Crippen LogP contribution in [0.4, 0.5) is 0 Å². The Balaban J connectivity index is 2.97. The van der Waals surface area contributed by atoms with Crippen LogP contribution in [0.3, 0.4) is 0 Å². The van der Waals surface area contributed by atoms with Gasteiger partial charge in [-0.2, -0.15) is 0 Å². The van der Waals surface area contributed by atoms with E-state index in [-0.39, 0.29) is 0 Å². The maximum atomic E-state index is 7.44. The topological polar surface area (TPSA) is 0 Å². The highest BCUT2D eigenvalue weighted by atomic mass is 35.5. The van der Waals surface area contributed by atoms with Gasteiger partial charge in [0, 0.05) is 0 Å². The molecule has 0 spiro atoms. The molecule has 0 aliphatic carbocycles. The van der Waals surface area contributed by atoms with Crippen molar-refractivity contribution in [1.82, 2.24) is 0 Å². The van der Waals surface area contributed by atoms with Crippen molar-refractivity contribution in [2.24, 2.45) is 0 Å². The summed E-state index contributed by atoms with van der Waals surface area (Å²) >= 11 is 5.73. The van der Waals surface area contributed by atoms with E-state index < -0.39 is 5.35 Å². The highest BCUT2D eigenvalue weighted by Gasteiger charge is 1.95. The Kier molecular flexibility index (Phi) is 1.70. The maximum Gasteiger partial charge on any atom is 0.0557 e. The molecule has 0 aliphatic rings. The van der Waals surface area contributed by atoms with Crippen LogP contribution in [0.2, 0.25) is 0 Å². The van der Waals surface area contributed by atoms with Crippen molar-refractivity contribution in [1.29, 1.82) is 0 Å². The van der Waals surface area contributed by atoms with Crippen LogP contribution in [-0.2, 0) is 0 Å². The standard InChI is InChI=1S/C8H9Cl/c1-7(9)8-5-3-2-4-6-8/h2-7H,1H3/i7D. The summed E-state index contributed by atoms with van der Waals surface area (Å²) in [7, 11) is 0. The van der Waals surface area contributed by atoms with Crippen molar-refractivity contribution < 1.29 is 1.37 Å². The van der Waals surface area contributed by atoms with Crippen molar-refractivity contribution in [2.45, 2.75) is 12.3 Å². The monoisotopic (exact) mass is 141 g/mol. The average molecular weight is 142 g/mol. The molecule has 1 rings (SSSR count). The van der Waals surface area contributed by atoms with E-state index in [1.165, 1.54) is 0 Å². The summed E-state index contributed by atoms with van der Waals surface area (Å²) in [5.41, 5.74) is 0.830. The Bertz CT molecular complexity index is 200. The molecule has 0 fully saturated rings. The lowest BCUT2D eigenvalue weighted by Gasteiger charge is -1.99. The summed E-state index contributed by atoms with van der Waals surface area (Å²) in [6, 6.07) is 9.36. The second kappa shape index (κ2) is 2.88. The summed E-state index contributed by atoms with van der Waals surface area (Å²) in [5.74, 6) is 0. The predicted molar refractivity (Wildman–Crippen MR) is 40.7 cm³/mol. The molecule has 1 heteroatoms. The summed E-state index contributed by atoms with van der Waals surface area (Å²) < 4.78 is 7.44. The van der Waals surface area contributed by atoms with Gasteiger partial charge in [0.2, 0.25) is 0 Å². The molecule has 0 aliphatic heterocycles. The highest BCUT2D eigenvalue weighted by molar-refractivity contribution is 6.20. The van der Waals surface area contributed by atoms with Crippen LogP contribution < -0.4 is 0 Å². The molecule has 0 heterocycles. The summed E-state index contributed by atoms with van der Waals surface area (Å²) in [4.78, 5) is 0. The van der Waals surface area contributed by atoms with E-state index in [4.69, 9.17) is 13.0 Å². The molecule has 0 bridgehead atoms. The number of hydrogen-bond acceptors (Lipinski definition) is 0. The third-order valence-electron chi connectivity index (χ3n) is 1.17. The summed E-state index contributed by atoms with van der Waals surface area (Å²) in [6.07, 6.45) is 0. The van der Waals surface area contributed by atoms with E-state index in [1.54, 1.807) is 6.92 Å². The van der Waals surface area contributed by atoms with Crippen molar-refractivity contribution in [3.63, 3.8) is 0 Å². The fourth-order valence-corrected chi connectivity index (χ4v) is 0.794. The Labute approximate surface area is 61.9 Å². The van der Waals surface area contributed by atoms with Crippen LogP contribution in [0, 0.1) is 0 Å². The first-order valence-electron chi connectivity index (χ1n) is 3.35. The summed E-state index contributed by atoms with van der Waals surface area (Å²) in [5, 5.41) is -0.985. The highest BCUT2D eigenvalue weighted by Crippen LogP contribution is 2.17. The molecule has 1 aromatic rings. The van der Waals surface area contributed by atoms with Gasteiger partial charge in [0.25, 0.3) is 0 Å². The van der Waals surface area contributed by atoms with Crippen LogP contribution in [0.25, 0.3) is 0 Å². The first-order chi connectivity index (χ1) is 4.61. The van der Waals surface area contributed by atoms with Gasteiger partial charge in [-0.25, -0.2) is 0 Å². The van der Waals surface area contributed by atoms with Crippen molar-refractivity contribution in [3.8, 4) is 0 Å². The van der Waals surface area contributed by atoms with E-state index in [9.17, 15) is 0 Å². The van der Waals surface area contributed by atoms with Gasteiger partial charge < -0.3 is 0 Å². The van der Waals surface area contributed by atoms with Crippen molar-refractivity contribution in [3.05, 3.63) is 35.9 Å². The molecule has 0 amide bonds. The molecule has 48 valence electrons. The molecule has 1 atom stereocenters. The minimum Gasteiger partial charge on any atom is -0.118 e. The average Bonchev–Trinajstić information content (AvgIpc) is 1.88. The molecular formula is C8H9Cl.